The summed E-state index contributed by atoms with van der Waals surface area (Å²) in [5, 5.41) is 12.8. The van der Waals surface area contributed by atoms with Gasteiger partial charge in [0.15, 0.2) is 0 Å². The molecule has 0 amide bonds. The molecule has 1 fully saturated rings. The number of hydrogen-bond acceptors (Lipinski definition) is 3. The summed E-state index contributed by atoms with van der Waals surface area (Å²) in [6, 6.07) is 0.575. The van der Waals surface area contributed by atoms with E-state index in [1.165, 1.54) is 37.2 Å². The Balaban J connectivity index is 2.13. The van der Waals surface area contributed by atoms with Crippen molar-refractivity contribution in [3.05, 3.63) is 0 Å². The van der Waals surface area contributed by atoms with Crippen LogP contribution in [0.2, 0.25) is 0 Å². The molecule has 0 heterocycles. The zero-order valence-electron chi connectivity index (χ0n) is 9.17. The molecule has 0 aliphatic heterocycles. The Morgan fingerprint density at radius 1 is 1.36 bits per heavy atom. The standard InChI is InChI=1S/C11H23NOS/c1-2-14-8-7-12-11-6-4-3-5-10(11)9-13/h10-13H,2-9H2,1H3. The second-order valence-electron chi connectivity index (χ2n) is 3.98. The summed E-state index contributed by atoms with van der Waals surface area (Å²) in [5.41, 5.74) is 0. The van der Waals surface area contributed by atoms with Crippen LogP contribution in [0.4, 0.5) is 0 Å². The Hall–Kier alpha value is 0.270. The predicted octanol–water partition coefficient (Wildman–Crippen LogP) is 1.88. The molecule has 0 bridgehead atoms. The van der Waals surface area contributed by atoms with Crippen molar-refractivity contribution >= 4 is 11.8 Å². The summed E-state index contributed by atoms with van der Waals surface area (Å²) >= 11 is 1.98. The molecule has 0 spiro atoms. The topological polar surface area (TPSA) is 32.3 Å². The van der Waals surface area contributed by atoms with Gasteiger partial charge in [-0.15, -0.1) is 0 Å². The molecule has 1 rings (SSSR count). The fraction of sp³-hybridized carbons (Fsp3) is 1.00. The highest BCUT2D eigenvalue weighted by Crippen LogP contribution is 2.23. The Morgan fingerprint density at radius 2 is 2.14 bits per heavy atom. The van der Waals surface area contributed by atoms with Crippen LogP contribution in [-0.2, 0) is 0 Å². The van der Waals surface area contributed by atoms with Crippen molar-refractivity contribution in [3.63, 3.8) is 0 Å². The van der Waals surface area contributed by atoms with Crippen LogP contribution in [0.5, 0.6) is 0 Å². The predicted molar refractivity (Wildman–Crippen MR) is 63.8 cm³/mol. The molecule has 0 aromatic rings. The maximum atomic E-state index is 9.22. The van der Waals surface area contributed by atoms with E-state index < -0.39 is 0 Å². The van der Waals surface area contributed by atoms with E-state index in [0.29, 0.717) is 18.6 Å². The first kappa shape index (κ1) is 12.3. The summed E-state index contributed by atoms with van der Waals surface area (Å²) in [4.78, 5) is 0. The summed E-state index contributed by atoms with van der Waals surface area (Å²) in [6.07, 6.45) is 5.08. The third-order valence-corrected chi connectivity index (χ3v) is 3.90. The molecule has 2 unspecified atom stereocenters. The van der Waals surface area contributed by atoms with Crippen molar-refractivity contribution < 1.29 is 5.11 Å². The van der Waals surface area contributed by atoms with E-state index in [9.17, 15) is 5.11 Å². The van der Waals surface area contributed by atoms with Gasteiger partial charge in [0.25, 0.3) is 0 Å². The average molecular weight is 217 g/mol. The van der Waals surface area contributed by atoms with Crippen LogP contribution < -0.4 is 5.32 Å². The lowest BCUT2D eigenvalue weighted by Gasteiger charge is -2.31. The molecule has 2 nitrogen and oxygen atoms in total. The second-order valence-corrected chi connectivity index (χ2v) is 5.38. The number of hydrogen-bond donors (Lipinski definition) is 2. The molecule has 0 aromatic heterocycles. The van der Waals surface area contributed by atoms with E-state index in [1.807, 2.05) is 11.8 Å². The Bertz CT molecular complexity index is 143. The normalized spacial score (nSPS) is 27.9. The Labute approximate surface area is 91.9 Å². The van der Waals surface area contributed by atoms with Gasteiger partial charge in [-0.2, -0.15) is 11.8 Å². The van der Waals surface area contributed by atoms with Crippen molar-refractivity contribution in [2.75, 3.05) is 24.7 Å². The van der Waals surface area contributed by atoms with Crippen LogP contribution in [0.15, 0.2) is 0 Å². The van der Waals surface area contributed by atoms with Gasteiger partial charge < -0.3 is 10.4 Å². The molecule has 14 heavy (non-hydrogen) atoms. The van der Waals surface area contributed by atoms with Crippen molar-refractivity contribution in [2.24, 2.45) is 5.92 Å². The molecule has 2 atom stereocenters. The molecule has 0 aromatic carbocycles. The molecule has 84 valence electrons. The molecule has 1 saturated carbocycles. The van der Waals surface area contributed by atoms with Crippen LogP contribution >= 0.6 is 11.8 Å². The van der Waals surface area contributed by atoms with E-state index in [-0.39, 0.29) is 0 Å². The molecule has 1 aliphatic carbocycles. The summed E-state index contributed by atoms with van der Waals surface area (Å²) in [7, 11) is 0. The van der Waals surface area contributed by atoms with E-state index in [1.54, 1.807) is 0 Å². The quantitative estimate of drug-likeness (QED) is 0.666. The van der Waals surface area contributed by atoms with E-state index in [0.717, 1.165) is 6.54 Å². The number of rotatable bonds is 6. The first-order chi connectivity index (χ1) is 6.88. The highest BCUT2D eigenvalue weighted by Gasteiger charge is 2.23. The highest BCUT2D eigenvalue weighted by atomic mass is 32.2. The van der Waals surface area contributed by atoms with Crippen molar-refractivity contribution in [2.45, 2.75) is 38.6 Å². The van der Waals surface area contributed by atoms with Gasteiger partial charge in [0, 0.05) is 24.9 Å². The van der Waals surface area contributed by atoms with Gasteiger partial charge in [0.05, 0.1) is 0 Å². The maximum Gasteiger partial charge on any atom is 0.0474 e. The number of aliphatic hydroxyl groups excluding tert-OH is 1. The third-order valence-electron chi connectivity index (χ3n) is 3.00. The van der Waals surface area contributed by atoms with Gasteiger partial charge in [-0.3, -0.25) is 0 Å². The largest absolute Gasteiger partial charge is 0.396 e. The van der Waals surface area contributed by atoms with Gasteiger partial charge in [-0.1, -0.05) is 19.8 Å². The van der Waals surface area contributed by atoms with Crippen LogP contribution in [-0.4, -0.2) is 35.8 Å². The molecule has 0 radical (unpaired) electrons. The first-order valence-electron chi connectivity index (χ1n) is 5.80. The van der Waals surface area contributed by atoms with E-state index >= 15 is 0 Å². The third kappa shape index (κ3) is 4.20. The minimum absolute atomic E-state index is 0.360. The summed E-state index contributed by atoms with van der Waals surface area (Å²) in [5.74, 6) is 2.91. The zero-order valence-corrected chi connectivity index (χ0v) is 9.98. The fourth-order valence-corrected chi connectivity index (χ4v) is 2.71. The van der Waals surface area contributed by atoms with Gasteiger partial charge in [0.1, 0.15) is 0 Å². The monoisotopic (exact) mass is 217 g/mol. The smallest absolute Gasteiger partial charge is 0.0474 e. The van der Waals surface area contributed by atoms with Gasteiger partial charge in [-0.05, 0) is 24.5 Å². The van der Waals surface area contributed by atoms with Crippen LogP contribution in [0.3, 0.4) is 0 Å². The lowest BCUT2D eigenvalue weighted by atomic mass is 9.85. The average Bonchev–Trinajstić information content (AvgIpc) is 2.25. The zero-order chi connectivity index (χ0) is 10.2. The molecule has 0 saturated heterocycles. The lowest BCUT2D eigenvalue weighted by Crippen LogP contribution is -2.41. The first-order valence-corrected chi connectivity index (χ1v) is 6.96. The van der Waals surface area contributed by atoms with Crippen LogP contribution in [0.1, 0.15) is 32.6 Å². The minimum atomic E-state index is 0.360. The van der Waals surface area contributed by atoms with Crippen LogP contribution in [0, 0.1) is 5.92 Å². The molecular formula is C11H23NOS. The lowest BCUT2D eigenvalue weighted by molar-refractivity contribution is 0.154. The van der Waals surface area contributed by atoms with E-state index in [2.05, 4.69) is 12.2 Å². The molecule has 1 aliphatic rings. The Morgan fingerprint density at radius 3 is 2.86 bits per heavy atom. The molecule has 2 N–H and O–H groups in total. The molecular weight excluding hydrogens is 194 g/mol. The summed E-state index contributed by atoms with van der Waals surface area (Å²) < 4.78 is 0. The highest BCUT2D eigenvalue weighted by molar-refractivity contribution is 7.99. The van der Waals surface area contributed by atoms with Gasteiger partial charge in [-0.25, -0.2) is 0 Å². The maximum absolute atomic E-state index is 9.22. The SMILES string of the molecule is CCSCCNC1CCCCC1CO. The molecule has 3 heteroatoms. The van der Waals surface area contributed by atoms with Gasteiger partial charge in [0.2, 0.25) is 0 Å². The Kier molecular flexibility index (Phi) is 6.65. The van der Waals surface area contributed by atoms with Crippen molar-refractivity contribution in [1.29, 1.82) is 0 Å². The fourth-order valence-electron chi connectivity index (χ4n) is 2.16. The minimum Gasteiger partial charge on any atom is -0.396 e. The number of thioether (sulfide) groups is 1. The summed E-state index contributed by atoms with van der Waals surface area (Å²) in [6.45, 7) is 3.65. The second kappa shape index (κ2) is 7.55. The van der Waals surface area contributed by atoms with E-state index in [4.69, 9.17) is 0 Å². The van der Waals surface area contributed by atoms with Gasteiger partial charge >= 0.3 is 0 Å². The van der Waals surface area contributed by atoms with Crippen molar-refractivity contribution in [3.8, 4) is 0 Å². The van der Waals surface area contributed by atoms with Crippen molar-refractivity contribution in [1.82, 2.24) is 5.32 Å². The van der Waals surface area contributed by atoms with Crippen LogP contribution in [0.25, 0.3) is 0 Å². The number of nitrogens with one attached hydrogen (secondary N) is 1. The number of aliphatic hydroxyl groups is 1.